The first kappa shape index (κ1) is 30.4. The summed E-state index contributed by atoms with van der Waals surface area (Å²) in [6.07, 6.45) is -22.0. The van der Waals surface area contributed by atoms with Gasteiger partial charge in [-0.2, -0.15) is 74.6 Å². The summed E-state index contributed by atoms with van der Waals surface area (Å²) in [5.41, 5.74) is 0. The van der Waals surface area contributed by atoms with Crippen LogP contribution in [-0.2, 0) is 9.47 Å². The summed E-state index contributed by atoms with van der Waals surface area (Å²) in [5.74, 6) is -24.8. The maximum atomic E-state index is 14.0. The molecule has 3 nitrogen and oxygen atoms in total. The van der Waals surface area contributed by atoms with Crippen LogP contribution >= 0.6 is 0 Å². The third kappa shape index (κ3) is 4.16. The Balaban J connectivity index is 4.03. The molecule has 0 aromatic rings. The van der Waals surface area contributed by atoms with Crippen molar-refractivity contribution >= 4 is 0 Å². The molecule has 202 valence electrons. The van der Waals surface area contributed by atoms with Crippen LogP contribution in [0.5, 0.6) is 0 Å². The molecule has 2 unspecified atom stereocenters. The van der Waals surface area contributed by atoms with Gasteiger partial charge in [0.15, 0.2) is 0 Å². The number of hydrogen-bond acceptors (Lipinski definition) is 3. The van der Waals surface area contributed by atoms with Gasteiger partial charge in [-0.3, -0.25) is 4.74 Å². The number of nitrogens with zero attached hydrogens (tertiary/aromatic N) is 1. The second kappa shape index (κ2) is 8.20. The molecule has 34 heavy (non-hydrogen) atoms. The van der Waals surface area contributed by atoms with Crippen molar-refractivity contribution in [2.24, 2.45) is 0 Å². The van der Waals surface area contributed by atoms with Crippen molar-refractivity contribution in [1.82, 2.24) is 4.90 Å². The van der Waals surface area contributed by atoms with E-state index in [-0.39, 0.29) is 0 Å². The predicted octanol–water partition coefficient (Wildman–Crippen LogP) is 6.72. The molecule has 0 aliphatic carbocycles. The minimum atomic E-state index is -7.93. The summed E-state index contributed by atoms with van der Waals surface area (Å²) in [6, 6.07) is -23.6. The number of rotatable bonds is 6. The average molecular weight is 551 g/mol. The van der Waals surface area contributed by atoms with Gasteiger partial charge in [-0.25, -0.2) is 4.39 Å². The standard InChI is InChI=1S/C13H7F18NO2/c1-2-3-33-7(18,19)5(15)4(14)6(16,17)32-12(28,29)8(20,10(22,23)24)34-9(21,11(25,26)27)13(32,30)31/h2-3H2,1H3/b5-4+. The van der Waals surface area contributed by atoms with Crippen LogP contribution in [0.15, 0.2) is 11.7 Å². The van der Waals surface area contributed by atoms with Crippen molar-refractivity contribution in [1.29, 1.82) is 0 Å². The van der Waals surface area contributed by atoms with Crippen LogP contribution in [-0.4, -0.2) is 59.8 Å². The Morgan fingerprint density at radius 3 is 1.35 bits per heavy atom. The van der Waals surface area contributed by atoms with E-state index in [1.807, 2.05) is 0 Å². The molecule has 0 aromatic heterocycles. The Kier molecular flexibility index (Phi) is 7.33. The molecule has 0 radical (unpaired) electrons. The number of hydrogen-bond donors (Lipinski definition) is 0. The van der Waals surface area contributed by atoms with Gasteiger partial charge in [0.05, 0.1) is 6.61 Å². The lowest BCUT2D eigenvalue weighted by atomic mass is 10.0. The zero-order valence-electron chi connectivity index (χ0n) is 15.5. The minimum absolute atomic E-state index is 0.521. The molecule has 0 spiro atoms. The summed E-state index contributed by atoms with van der Waals surface area (Å²) in [4.78, 5) is -4.34. The number of halogens is 18. The van der Waals surface area contributed by atoms with Crippen molar-refractivity contribution in [3.63, 3.8) is 0 Å². The summed E-state index contributed by atoms with van der Waals surface area (Å²) in [5, 5.41) is 0. The molecule has 1 fully saturated rings. The first-order valence-corrected chi connectivity index (χ1v) is 7.93. The van der Waals surface area contributed by atoms with E-state index < -0.39 is 77.9 Å². The zero-order chi connectivity index (χ0) is 27.6. The summed E-state index contributed by atoms with van der Waals surface area (Å²) >= 11 is 0. The molecule has 1 aliphatic heterocycles. The normalized spacial score (nSPS) is 29.7. The smallest absolute Gasteiger partial charge is 0.315 e. The number of ether oxygens (including phenoxy) is 2. The maximum absolute atomic E-state index is 14.0. The molecule has 1 rings (SSSR count). The molecular formula is C13H7F18NO2. The first-order valence-electron chi connectivity index (χ1n) is 7.93. The highest BCUT2D eigenvalue weighted by atomic mass is 19.4. The molecule has 2 atom stereocenters. The fraction of sp³-hybridized carbons (Fsp3) is 0.846. The van der Waals surface area contributed by atoms with Crippen LogP contribution in [0.4, 0.5) is 79.0 Å². The highest BCUT2D eigenvalue weighted by Gasteiger charge is 2.95. The molecular weight excluding hydrogens is 544 g/mol. The third-order valence-corrected chi connectivity index (χ3v) is 3.83. The summed E-state index contributed by atoms with van der Waals surface area (Å²) < 4.78 is 246. The lowest BCUT2D eigenvalue weighted by Gasteiger charge is -2.54. The largest absolute Gasteiger partial charge is 0.456 e. The Morgan fingerprint density at radius 1 is 0.706 bits per heavy atom. The fourth-order valence-corrected chi connectivity index (χ4v) is 2.24. The molecule has 0 aromatic carbocycles. The van der Waals surface area contributed by atoms with Gasteiger partial charge >= 0.3 is 48.3 Å². The average Bonchev–Trinajstić information content (AvgIpc) is 2.61. The van der Waals surface area contributed by atoms with Gasteiger partial charge in [-0.15, -0.1) is 4.90 Å². The first-order chi connectivity index (χ1) is 14.7. The van der Waals surface area contributed by atoms with E-state index in [1.54, 1.807) is 4.74 Å². The van der Waals surface area contributed by atoms with E-state index in [4.69, 9.17) is 0 Å². The van der Waals surface area contributed by atoms with E-state index in [0.717, 1.165) is 6.92 Å². The minimum Gasteiger partial charge on any atom is -0.315 e. The maximum Gasteiger partial charge on any atom is 0.456 e. The van der Waals surface area contributed by atoms with Crippen molar-refractivity contribution in [2.75, 3.05) is 6.61 Å². The van der Waals surface area contributed by atoms with Crippen LogP contribution in [0, 0.1) is 0 Å². The van der Waals surface area contributed by atoms with E-state index in [2.05, 4.69) is 4.74 Å². The Morgan fingerprint density at radius 2 is 1.06 bits per heavy atom. The quantitative estimate of drug-likeness (QED) is 0.270. The molecule has 0 amide bonds. The second-order valence-corrected chi connectivity index (χ2v) is 6.24. The van der Waals surface area contributed by atoms with Crippen LogP contribution in [0.2, 0.25) is 0 Å². The fourth-order valence-electron chi connectivity index (χ4n) is 2.24. The van der Waals surface area contributed by atoms with Crippen molar-refractivity contribution in [2.45, 2.75) is 61.7 Å². The van der Waals surface area contributed by atoms with Crippen LogP contribution in [0.25, 0.3) is 0 Å². The van der Waals surface area contributed by atoms with E-state index >= 15 is 0 Å². The summed E-state index contributed by atoms with van der Waals surface area (Å²) in [7, 11) is 0. The van der Waals surface area contributed by atoms with Gasteiger partial charge in [0.2, 0.25) is 11.7 Å². The van der Waals surface area contributed by atoms with Crippen molar-refractivity contribution in [3.05, 3.63) is 11.7 Å². The molecule has 1 aliphatic rings. The Hall–Kier alpha value is -1.64. The van der Waals surface area contributed by atoms with Gasteiger partial charge in [0, 0.05) is 0 Å². The summed E-state index contributed by atoms with van der Waals surface area (Å²) in [6.45, 7) is -0.361. The van der Waals surface area contributed by atoms with Gasteiger partial charge in [-0.1, -0.05) is 6.92 Å². The molecule has 1 saturated heterocycles. The third-order valence-electron chi connectivity index (χ3n) is 3.83. The molecule has 0 N–H and O–H groups in total. The second-order valence-electron chi connectivity index (χ2n) is 6.24. The lowest BCUT2D eigenvalue weighted by molar-refractivity contribution is -0.594. The van der Waals surface area contributed by atoms with Crippen LogP contribution < -0.4 is 0 Å². The lowest BCUT2D eigenvalue weighted by Crippen LogP contribution is -2.84. The van der Waals surface area contributed by atoms with Crippen molar-refractivity contribution in [3.8, 4) is 0 Å². The van der Waals surface area contributed by atoms with E-state index in [0.29, 0.717) is 0 Å². The zero-order valence-corrected chi connectivity index (χ0v) is 15.5. The van der Waals surface area contributed by atoms with Crippen LogP contribution in [0.3, 0.4) is 0 Å². The molecule has 0 bridgehead atoms. The predicted molar refractivity (Wildman–Crippen MR) is 68.0 cm³/mol. The van der Waals surface area contributed by atoms with Gasteiger partial charge < -0.3 is 4.74 Å². The topological polar surface area (TPSA) is 21.7 Å². The van der Waals surface area contributed by atoms with Crippen molar-refractivity contribution < 1.29 is 88.5 Å². The van der Waals surface area contributed by atoms with Crippen LogP contribution in [0.1, 0.15) is 13.3 Å². The molecule has 1 heterocycles. The SMILES string of the molecule is CCCOC(F)(F)/C(F)=C(\F)C(F)(F)N1C(F)(F)C(F)(C(F)(F)F)OC(F)(C(F)(F)F)C1(F)F. The highest BCUT2D eigenvalue weighted by Crippen LogP contribution is 2.65. The number of morpholine rings is 1. The molecule has 0 saturated carbocycles. The molecule has 21 heteroatoms. The van der Waals surface area contributed by atoms with Gasteiger partial charge in [-0.05, 0) is 6.42 Å². The number of alkyl halides is 16. The van der Waals surface area contributed by atoms with Gasteiger partial charge in [0.25, 0.3) is 0 Å². The monoisotopic (exact) mass is 551 g/mol. The van der Waals surface area contributed by atoms with E-state index in [1.165, 1.54) is 0 Å². The van der Waals surface area contributed by atoms with E-state index in [9.17, 15) is 79.0 Å². The van der Waals surface area contributed by atoms with Gasteiger partial charge in [0.1, 0.15) is 0 Å². The Labute approximate surface area is 174 Å². The Bertz CT molecular complexity index is 765. The highest BCUT2D eigenvalue weighted by molar-refractivity contribution is 5.19.